The number of anilines is 1. The standard InChI is InChI=1S/C30H29F2N5O2/c1-5-25(38)35-13-15-36(16-14-35)28-22-17-24(32)26(21-10-6-7-12-23(21)31)33-29(22)37(30(39)34-28)27-19(4)9-8-11-20(27)18(2)3/h5-12,17-18H,1,13-16H2,2-4H3. The van der Waals surface area contributed by atoms with E-state index in [4.69, 9.17) is 0 Å². The number of amides is 1. The molecule has 1 fully saturated rings. The molecule has 5 rings (SSSR count). The lowest BCUT2D eigenvalue weighted by atomic mass is 9.98. The number of nitrogens with zero attached hydrogens (tertiary/aromatic N) is 5. The number of hydrogen-bond acceptors (Lipinski definition) is 5. The normalized spacial score (nSPS) is 13.8. The molecule has 0 aliphatic carbocycles. The van der Waals surface area contributed by atoms with Gasteiger partial charge in [0.1, 0.15) is 23.1 Å². The van der Waals surface area contributed by atoms with Crippen molar-refractivity contribution in [2.45, 2.75) is 26.7 Å². The fourth-order valence-electron chi connectivity index (χ4n) is 5.11. The summed E-state index contributed by atoms with van der Waals surface area (Å²) < 4.78 is 31.8. The number of carbonyl (C=O) groups is 1. The van der Waals surface area contributed by atoms with Crippen LogP contribution in [0.2, 0.25) is 0 Å². The monoisotopic (exact) mass is 529 g/mol. The molecule has 0 bridgehead atoms. The summed E-state index contributed by atoms with van der Waals surface area (Å²) in [5.41, 5.74) is 1.79. The van der Waals surface area contributed by atoms with Crippen LogP contribution >= 0.6 is 0 Å². The average Bonchev–Trinajstić information content (AvgIpc) is 2.93. The highest BCUT2D eigenvalue weighted by Gasteiger charge is 2.27. The van der Waals surface area contributed by atoms with Crippen molar-refractivity contribution in [1.82, 2.24) is 19.4 Å². The number of piperazine rings is 1. The van der Waals surface area contributed by atoms with Crippen LogP contribution in [0, 0.1) is 18.6 Å². The van der Waals surface area contributed by atoms with Crippen LogP contribution in [0.15, 0.2) is 66.0 Å². The Morgan fingerprint density at radius 2 is 1.72 bits per heavy atom. The van der Waals surface area contributed by atoms with Gasteiger partial charge in [0.05, 0.1) is 11.1 Å². The molecule has 2 aromatic carbocycles. The molecule has 7 nitrogen and oxygen atoms in total. The van der Waals surface area contributed by atoms with Gasteiger partial charge in [-0.1, -0.05) is 50.8 Å². The number of aryl methyl sites for hydroxylation is 1. The summed E-state index contributed by atoms with van der Waals surface area (Å²) in [6, 6.07) is 12.9. The third kappa shape index (κ3) is 4.69. The van der Waals surface area contributed by atoms with Gasteiger partial charge < -0.3 is 9.80 Å². The van der Waals surface area contributed by atoms with Crippen molar-refractivity contribution in [3.05, 3.63) is 94.4 Å². The minimum Gasteiger partial charge on any atom is -0.352 e. The summed E-state index contributed by atoms with van der Waals surface area (Å²) in [7, 11) is 0. The predicted molar refractivity (Wildman–Crippen MR) is 148 cm³/mol. The molecule has 3 heterocycles. The van der Waals surface area contributed by atoms with Gasteiger partial charge >= 0.3 is 5.69 Å². The van der Waals surface area contributed by atoms with Crippen LogP contribution in [-0.4, -0.2) is 51.5 Å². The molecule has 1 saturated heterocycles. The molecule has 9 heteroatoms. The number of para-hydroxylation sites is 1. The fraction of sp³-hybridized carbons (Fsp3) is 0.267. The maximum absolute atomic E-state index is 15.6. The van der Waals surface area contributed by atoms with Gasteiger partial charge in [0.15, 0.2) is 5.65 Å². The Kier molecular flexibility index (Phi) is 6.99. The van der Waals surface area contributed by atoms with E-state index in [0.717, 1.165) is 11.1 Å². The van der Waals surface area contributed by atoms with Crippen LogP contribution in [0.5, 0.6) is 0 Å². The van der Waals surface area contributed by atoms with Crippen molar-refractivity contribution in [2.24, 2.45) is 0 Å². The molecule has 4 aromatic rings. The first-order chi connectivity index (χ1) is 18.7. The van der Waals surface area contributed by atoms with Gasteiger partial charge in [0.2, 0.25) is 5.91 Å². The quantitative estimate of drug-likeness (QED) is 0.341. The molecule has 0 saturated carbocycles. The van der Waals surface area contributed by atoms with Crippen molar-refractivity contribution >= 4 is 22.8 Å². The minimum absolute atomic E-state index is 0.000297. The number of hydrogen-bond donors (Lipinski definition) is 0. The highest BCUT2D eigenvalue weighted by molar-refractivity contribution is 5.91. The highest BCUT2D eigenvalue weighted by atomic mass is 19.1. The zero-order valence-corrected chi connectivity index (χ0v) is 22.1. The Hall–Kier alpha value is -4.40. The van der Waals surface area contributed by atoms with Crippen molar-refractivity contribution < 1.29 is 13.6 Å². The Morgan fingerprint density at radius 1 is 1.00 bits per heavy atom. The second kappa shape index (κ2) is 10.4. The van der Waals surface area contributed by atoms with Crippen LogP contribution in [0.25, 0.3) is 28.0 Å². The summed E-state index contributed by atoms with van der Waals surface area (Å²) in [5.74, 6) is -1.17. The summed E-state index contributed by atoms with van der Waals surface area (Å²) in [6.07, 6.45) is 1.27. The molecule has 0 radical (unpaired) electrons. The summed E-state index contributed by atoms with van der Waals surface area (Å²) in [6.45, 7) is 11.1. The minimum atomic E-state index is -0.727. The summed E-state index contributed by atoms with van der Waals surface area (Å²) in [5, 5.41) is 0.327. The third-order valence-electron chi connectivity index (χ3n) is 7.11. The number of rotatable bonds is 5. The smallest absolute Gasteiger partial charge is 0.352 e. The molecule has 2 aromatic heterocycles. The van der Waals surface area contributed by atoms with Gasteiger partial charge in [-0.15, -0.1) is 0 Å². The average molecular weight is 530 g/mol. The van der Waals surface area contributed by atoms with Crippen LogP contribution in [-0.2, 0) is 4.79 Å². The van der Waals surface area contributed by atoms with Crippen LogP contribution in [0.1, 0.15) is 30.9 Å². The molecule has 39 heavy (non-hydrogen) atoms. The van der Waals surface area contributed by atoms with E-state index in [2.05, 4.69) is 16.5 Å². The molecule has 200 valence electrons. The molecule has 1 amide bonds. The lowest BCUT2D eigenvalue weighted by Crippen LogP contribution is -2.49. The first kappa shape index (κ1) is 26.2. The summed E-state index contributed by atoms with van der Waals surface area (Å²) >= 11 is 0. The molecule has 1 aliphatic rings. The van der Waals surface area contributed by atoms with Crippen LogP contribution in [0.4, 0.5) is 14.6 Å². The first-order valence-corrected chi connectivity index (χ1v) is 12.9. The Bertz CT molecular complexity index is 1660. The van der Waals surface area contributed by atoms with E-state index < -0.39 is 17.3 Å². The lowest BCUT2D eigenvalue weighted by Gasteiger charge is -2.35. The Morgan fingerprint density at radius 3 is 2.38 bits per heavy atom. The third-order valence-corrected chi connectivity index (χ3v) is 7.11. The van der Waals surface area contributed by atoms with Crippen molar-refractivity contribution in [3.63, 3.8) is 0 Å². The first-order valence-electron chi connectivity index (χ1n) is 12.9. The van der Waals surface area contributed by atoms with E-state index in [-0.39, 0.29) is 34.5 Å². The van der Waals surface area contributed by atoms with E-state index in [1.165, 1.54) is 34.9 Å². The maximum atomic E-state index is 15.6. The second-order valence-electron chi connectivity index (χ2n) is 9.91. The zero-order valence-electron chi connectivity index (χ0n) is 22.1. The molecule has 0 N–H and O–H groups in total. The maximum Gasteiger partial charge on any atom is 0.355 e. The molecule has 1 aliphatic heterocycles. The molecule has 0 atom stereocenters. The lowest BCUT2D eigenvalue weighted by molar-refractivity contribution is -0.126. The van der Waals surface area contributed by atoms with E-state index in [1.807, 2.05) is 43.9 Å². The van der Waals surface area contributed by atoms with Gasteiger partial charge in [-0.2, -0.15) is 4.98 Å². The molecule has 0 unspecified atom stereocenters. The Labute approximate surface area is 225 Å². The van der Waals surface area contributed by atoms with E-state index in [1.54, 1.807) is 11.0 Å². The Balaban J connectivity index is 1.79. The number of carbonyl (C=O) groups excluding carboxylic acids is 1. The molecule has 0 spiro atoms. The van der Waals surface area contributed by atoms with Gasteiger partial charge in [-0.05, 0) is 48.2 Å². The molecular weight excluding hydrogens is 500 g/mol. The van der Waals surface area contributed by atoms with Gasteiger partial charge in [0.25, 0.3) is 0 Å². The number of fused-ring (bicyclic) bond motifs is 1. The van der Waals surface area contributed by atoms with Crippen LogP contribution in [0.3, 0.4) is 0 Å². The zero-order chi connectivity index (χ0) is 27.8. The van der Waals surface area contributed by atoms with E-state index >= 15 is 4.39 Å². The van der Waals surface area contributed by atoms with E-state index in [9.17, 15) is 14.0 Å². The van der Waals surface area contributed by atoms with Crippen molar-refractivity contribution in [3.8, 4) is 16.9 Å². The number of aromatic nitrogens is 3. The fourth-order valence-corrected chi connectivity index (χ4v) is 5.11. The topological polar surface area (TPSA) is 71.3 Å². The van der Waals surface area contributed by atoms with Crippen molar-refractivity contribution in [2.75, 3.05) is 31.1 Å². The molecular formula is C30H29F2N5O2. The largest absolute Gasteiger partial charge is 0.355 e. The number of benzene rings is 2. The van der Waals surface area contributed by atoms with Gasteiger partial charge in [0, 0.05) is 31.7 Å². The van der Waals surface area contributed by atoms with Gasteiger partial charge in [-0.25, -0.2) is 23.1 Å². The second-order valence-corrected chi connectivity index (χ2v) is 9.91. The van der Waals surface area contributed by atoms with E-state index in [0.29, 0.717) is 37.3 Å². The predicted octanol–water partition coefficient (Wildman–Crippen LogP) is 4.99. The highest BCUT2D eigenvalue weighted by Crippen LogP contribution is 2.33. The summed E-state index contributed by atoms with van der Waals surface area (Å²) in [4.78, 5) is 38.4. The number of pyridine rings is 1. The van der Waals surface area contributed by atoms with Gasteiger partial charge in [-0.3, -0.25) is 4.79 Å². The SMILES string of the molecule is C=CC(=O)N1CCN(c2nc(=O)n(-c3c(C)cccc3C(C)C)c3nc(-c4ccccc4F)c(F)cc23)CC1. The number of halogens is 2. The van der Waals surface area contributed by atoms with Crippen molar-refractivity contribution in [1.29, 1.82) is 0 Å². The van der Waals surface area contributed by atoms with Crippen LogP contribution < -0.4 is 10.6 Å².